The maximum Gasteiger partial charge on any atom is 0.330 e. The number of esters is 1. The first-order chi connectivity index (χ1) is 12.4. The molecule has 140 valence electrons. The minimum Gasteiger partial charge on any atom is -0.463 e. The van der Waals surface area contributed by atoms with Crippen molar-refractivity contribution in [1.29, 1.82) is 0 Å². The highest BCUT2D eigenvalue weighted by atomic mass is 35.5. The van der Waals surface area contributed by atoms with Crippen molar-refractivity contribution in [3.8, 4) is 0 Å². The molecule has 0 aromatic carbocycles. The highest BCUT2D eigenvalue weighted by Gasteiger charge is 2.40. The van der Waals surface area contributed by atoms with E-state index in [2.05, 4.69) is 15.3 Å². The minimum absolute atomic E-state index is 0.00479. The molecule has 3 rings (SSSR count). The van der Waals surface area contributed by atoms with Crippen molar-refractivity contribution in [3.05, 3.63) is 44.5 Å². The van der Waals surface area contributed by atoms with E-state index in [-0.39, 0.29) is 18.5 Å². The summed E-state index contributed by atoms with van der Waals surface area (Å²) >= 11 is 5.92. The molecule has 1 saturated heterocycles. The Balaban J connectivity index is 1.93. The zero-order valence-corrected chi connectivity index (χ0v) is 15.0. The number of carbonyl (C=O) groups excluding carboxylic acids is 1. The molecule has 3 atom stereocenters. The number of nitrogens with zero attached hydrogens (tertiary/aromatic N) is 4. The van der Waals surface area contributed by atoms with Crippen LogP contribution in [0.3, 0.4) is 0 Å². The molecule has 2 aromatic rings. The molecule has 0 bridgehead atoms. The number of rotatable bonds is 5. The van der Waals surface area contributed by atoms with Gasteiger partial charge in [0, 0.05) is 25.1 Å². The van der Waals surface area contributed by atoms with Gasteiger partial charge in [-0.2, -0.15) is 0 Å². The molecule has 10 nitrogen and oxygen atoms in total. The van der Waals surface area contributed by atoms with Crippen molar-refractivity contribution in [2.75, 3.05) is 6.61 Å². The molecule has 0 spiro atoms. The van der Waals surface area contributed by atoms with Crippen LogP contribution in [0.5, 0.6) is 0 Å². The Morgan fingerprint density at radius 1 is 1.50 bits per heavy atom. The number of ether oxygens (including phenoxy) is 2. The molecule has 1 aliphatic rings. The van der Waals surface area contributed by atoms with E-state index in [4.69, 9.17) is 21.1 Å². The first-order valence-electron chi connectivity index (χ1n) is 7.96. The van der Waals surface area contributed by atoms with E-state index in [9.17, 15) is 14.4 Å². The van der Waals surface area contributed by atoms with Crippen LogP contribution in [-0.2, 0) is 20.1 Å². The summed E-state index contributed by atoms with van der Waals surface area (Å²) in [6, 6.07) is -0.338. The van der Waals surface area contributed by atoms with E-state index in [1.54, 1.807) is 17.8 Å². The first-order valence-corrected chi connectivity index (χ1v) is 8.50. The Bertz CT molecular complexity index is 920. The van der Waals surface area contributed by atoms with Gasteiger partial charge in [-0.3, -0.25) is 19.1 Å². The number of hydrogen-bond donors (Lipinski definition) is 1. The average molecular weight is 384 g/mol. The van der Waals surface area contributed by atoms with Gasteiger partial charge in [0.05, 0.1) is 23.8 Å². The van der Waals surface area contributed by atoms with Crippen LogP contribution in [0.4, 0.5) is 0 Å². The summed E-state index contributed by atoms with van der Waals surface area (Å²) in [7, 11) is 0. The number of H-pyrrole nitrogens is 1. The van der Waals surface area contributed by atoms with Crippen molar-refractivity contribution < 1.29 is 14.3 Å². The van der Waals surface area contributed by atoms with Crippen molar-refractivity contribution in [1.82, 2.24) is 24.5 Å². The third-order valence-corrected chi connectivity index (χ3v) is 4.49. The van der Waals surface area contributed by atoms with E-state index in [0.29, 0.717) is 17.7 Å². The lowest BCUT2D eigenvalue weighted by atomic mass is 10.1. The number of aryl methyl sites for hydroxylation is 1. The van der Waals surface area contributed by atoms with Crippen molar-refractivity contribution in [2.24, 2.45) is 0 Å². The molecule has 0 radical (unpaired) electrons. The third kappa shape index (κ3) is 3.56. The van der Waals surface area contributed by atoms with Crippen molar-refractivity contribution in [3.63, 3.8) is 0 Å². The predicted molar refractivity (Wildman–Crippen MR) is 89.8 cm³/mol. The maximum absolute atomic E-state index is 12.2. The molecule has 0 saturated carbocycles. The fraction of sp³-hybridized carbons (Fsp3) is 0.533. The Morgan fingerprint density at radius 2 is 2.27 bits per heavy atom. The zero-order valence-electron chi connectivity index (χ0n) is 14.2. The zero-order chi connectivity index (χ0) is 18.8. The number of aromatic nitrogens is 5. The average Bonchev–Trinajstić information content (AvgIpc) is 3.22. The molecule has 1 N–H and O–H groups in total. The van der Waals surface area contributed by atoms with E-state index in [0.717, 1.165) is 0 Å². The Kier molecular flexibility index (Phi) is 5.23. The highest BCUT2D eigenvalue weighted by molar-refractivity contribution is 6.16. The van der Waals surface area contributed by atoms with E-state index < -0.39 is 29.6 Å². The third-order valence-electron chi connectivity index (χ3n) is 4.21. The fourth-order valence-corrected chi connectivity index (χ4v) is 3.12. The van der Waals surface area contributed by atoms with Crippen LogP contribution in [0.25, 0.3) is 0 Å². The van der Waals surface area contributed by atoms with Gasteiger partial charge in [-0.1, -0.05) is 5.21 Å². The Hall–Kier alpha value is -2.46. The van der Waals surface area contributed by atoms with Crippen molar-refractivity contribution >= 4 is 17.6 Å². The number of halogens is 1. The fourth-order valence-electron chi connectivity index (χ4n) is 2.93. The summed E-state index contributed by atoms with van der Waals surface area (Å²) in [4.78, 5) is 37.2. The van der Waals surface area contributed by atoms with Crippen LogP contribution >= 0.6 is 11.6 Å². The SMILES string of the molecule is CC(=O)OC[C@H]1O[C@@H](n2cc(C)c(=O)[nH]c2=O)C[C@@H]1n1nncc1CCl. The summed E-state index contributed by atoms with van der Waals surface area (Å²) < 4.78 is 14.0. The van der Waals surface area contributed by atoms with Gasteiger partial charge < -0.3 is 9.47 Å². The number of carbonyl (C=O) groups is 1. The van der Waals surface area contributed by atoms with Crippen LogP contribution in [0.15, 0.2) is 22.0 Å². The molecule has 0 aliphatic carbocycles. The molecular weight excluding hydrogens is 366 g/mol. The lowest BCUT2D eigenvalue weighted by Gasteiger charge is -2.19. The highest BCUT2D eigenvalue weighted by Crippen LogP contribution is 2.36. The summed E-state index contributed by atoms with van der Waals surface area (Å²) in [5.74, 6) is -0.240. The number of nitrogens with one attached hydrogen (secondary N) is 1. The maximum atomic E-state index is 12.2. The lowest BCUT2D eigenvalue weighted by Crippen LogP contribution is -2.33. The van der Waals surface area contributed by atoms with Gasteiger partial charge in [-0.05, 0) is 6.92 Å². The molecule has 11 heteroatoms. The summed E-state index contributed by atoms with van der Waals surface area (Å²) in [6.45, 7) is 2.90. The minimum atomic E-state index is -0.656. The summed E-state index contributed by atoms with van der Waals surface area (Å²) in [5.41, 5.74) is 0.0423. The monoisotopic (exact) mass is 383 g/mol. The van der Waals surface area contributed by atoms with Crippen LogP contribution in [0.1, 0.15) is 36.9 Å². The molecule has 0 amide bonds. The molecule has 1 fully saturated rings. The topological polar surface area (TPSA) is 121 Å². The largest absolute Gasteiger partial charge is 0.463 e. The Morgan fingerprint density at radius 3 is 2.96 bits per heavy atom. The van der Waals surface area contributed by atoms with Crippen LogP contribution in [0.2, 0.25) is 0 Å². The number of alkyl halides is 1. The number of aromatic amines is 1. The quantitative estimate of drug-likeness (QED) is 0.580. The molecule has 2 aromatic heterocycles. The normalized spacial score (nSPS) is 22.5. The molecule has 1 aliphatic heterocycles. The second-order valence-corrected chi connectivity index (χ2v) is 6.28. The van der Waals surface area contributed by atoms with Crippen molar-refractivity contribution in [2.45, 2.75) is 44.5 Å². The second-order valence-electron chi connectivity index (χ2n) is 6.02. The summed E-state index contributed by atoms with van der Waals surface area (Å²) in [5, 5.41) is 7.90. The first kappa shape index (κ1) is 18.3. The number of hydrogen-bond acceptors (Lipinski definition) is 7. The molecular formula is C15H18ClN5O5. The van der Waals surface area contributed by atoms with E-state index in [1.165, 1.54) is 17.7 Å². The van der Waals surface area contributed by atoms with Gasteiger partial charge in [0.25, 0.3) is 5.56 Å². The predicted octanol–water partition coefficient (Wildman–Crippen LogP) is 0.267. The smallest absolute Gasteiger partial charge is 0.330 e. The molecule has 26 heavy (non-hydrogen) atoms. The van der Waals surface area contributed by atoms with Gasteiger partial charge in [0.15, 0.2) is 0 Å². The van der Waals surface area contributed by atoms with Gasteiger partial charge in [-0.15, -0.1) is 16.7 Å². The Labute approximate surface area is 152 Å². The van der Waals surface area contributed by atoms with Gasteiger partial charge in [-0.25, -0.2) is 9.48 Å². The van der Waals surface area contributed by atoms with E-state index >= 15 is 0 Å². The summed E-state index contributed by atoms with van der Waals surface area (Å²) in [6.07, 6.45) is 2.15. The van der Waals surface area contributed by atoms with Gasteiger partial charge in [0.1, 0.15) is 18.9 Å². The van der Waals surface area contributed by atoms with Crippen LogP contribution in [-0.4, -0.2) is 43.2 Å². The second kappa shape index (κ2) is 7.42. The van der Waals surface area contributed by atoms with E-state index in [1.807, 2.05) is 0 Å². The van der Waals surface area contributed by atoms with Crippen LogP contribution in [0, 0.1) is 6.92 Å². The van der Waals surface area contributed by atoms with Gasteiger partial charge >= 0.3 is 11.7 Å². The van der Waals surface area contributed by atoms with Gasteiger partial charge in [0.2, 0.25) is 0 Å². The standard InChI is InChI=1S/C15H18ClN5O5/c1-8-6-20(15(24)18-14(8)23)13-3-11(12(26-13)7-25-9(2)22)21-10(4-16)5-17-19-21/h5-6,11-13H,3-4,7H2,1-2H3,(H,18,23,24)/t11-,12+,13+/m0/s1. The molecule has 3 heterocycles. The van der Waals surface area contributed by atoms with Crippen LogP contribution < -0.4 is 11.2 Å². The lowest BCUT2D eigenvalue weighted by molar-refractivity contribution is -0.146. The molecule has 0 unspecified atom stereocenters.